The van der Waals surface area contributed by atoms with Crippen molar-refractivity contribution in [3.63, 3.8) is 0 Å². The van der Waals surface area contributed by atoms with Crippen LogP contribution in [0.5, 0.6) is 0 Å². The van der Waals surface area contributed by atoms with Crippen LogP contribution >= 0.6 is 23.2 Å². The summed E-state index contributed by atoms with van der Waals surface area (Å²) in [4.78, 5) is 0. The summed E-state index contributed by atoms with van der Waals surface area (Å²) in [6.07, 6.45) is 2.11. The third-order valence-electron chi connectivity index (χ3n) is 5.59. The van der Waals surface area contributed by atoms with Gasteiger partial charge in [-0.25, -0.2) is 0 Å². The summed E-state index contributed by atoms with van der Waals surface area (Å²) in [5.74, 6) is 0. The summed E-state index contributed by atoms with van der Waals surface area (Å²) in [6.45, 7) is 9.24. The van der Waals surface area contributed by atoms with E-state index in [1.54, 1.807) is 0 Å². The van der Waals surface area contributed by atoms with Gasteiger partial charge in [0.05, 0.1) is 0 Å². The van der Waals surface area contributed by atoms with Gasteiger partial charge in [0.15, 0.2) is 0 Å². The number of benzene rings is 2. The molecule has 0 saturated carbocycles. The second-order valence-corrected chi connectivity index (χ2v) is 7.26. The average molecular weight is 335 g/mol. The third kappa shape index (κ3) is 2.92. The molecule has 0 N–H and O–H groups in total. The smallest absolute Gasteiger partial charge is 0.0406 e. The van der Waals surface area contributed by atoms with Crippen molar-refractivity contribution >= 4 is 23.2 Å². The topological polar surface area (TPSA) is 0 Å². The van der Waals surface area contributed by atoms with E-state index < -0.39 is 0 Å². The van der Waals surface area contributed by atoms with E-state index in [0.29, 0.717) is 0 Å². The predicted octanol–water partition coefficient (Wildman–Crippen LogP) is 7.03. The van der Waals surface area contributed by atoms with Gasteiger partial charge in [0.25, 0.3) is 0 Å². The summed E-state index contributed by atoms with van der Waals surface area (Å²) in [6, 6.07) is 16.6. The first-order chi connectivity index (χ1) is 10.4. The minimum absolute atomic E-state index is 0.0279. The van der Waals surface area contributed by atoms with Crippen molar-refractivity contribution in [2.75, 3.05) is 0 Å². The summed E-state index contributed by atoms with van der Waals surface area (Å²) in [5.41, 5.74) is 2.72. The molecule has 0 aliphatic heterocycles. The van der Waals surface area contributed by atoms with Crippen molar-refractivity contribution in [1.29, 1.82) is 0 Å². The van der Waals surface area contributed by atoms with E-state index in [-0.39, 0.29) is 10.8 Å². The zero-order valence-electron chi connectivity index (χ0n) is 13.8. The van der Waals surface area contributed by atoms with E-state index in [2.05, 4.69) is 52.0 Å². The zero-order chi connectivity index (χ0) is 16.4. The molecule has 0 aromatic heterocycles. The summed E-state index contributed by atoms with van der Waals surface area (Å²) >= 11 is 12.1. The molecule has 2 rings (SSSR count). The van der Waals surface area contributed by atoms with E-state index in [4.69, 9.17) is 23.2 Å². The molecular weight excluding hydrogens is 311 g/mol. The summed E-state index contributed by atoms with van der Waals surface area (Å²) < 4.78 is 0. The molecule has 2 heteroatoms. The van der Waals surface area contributed by atoms with Crippen molar-refractivity contribution in [2.24, 2.45) is 0 Å². The second kappa shape index (κ2) is 6.64. The van der Waals surface area contributed by atoms with Crippen LogP contribution in [0.2, 0.25) is 10.0 Å². The van der Waals surface area contributed by atoms with Crippen LogP contribution in [0.4, 0.5) is 0 Å². The van der Waals surface area contributed by atoms with Gasteiger partial charge in [-0.3, -0.25) is 0 Å². The fraction of sp³-hybridized carbons (Fsp3) is 0.400. The van der Waals surface area contributed by atoms with Gasteiger partial charge in [0, 0.05) is 20.9 Å². The maximum Gasteiger partial charge on any atom is 0.0406 e. The molecule has 0 amide bonds. The highest BCUT2D eigenvalue weighted by Gasteiger charge is 2.44. The normalized spacial score (nSPS) is 16.8. The van der Waals surface area contributed by atoms with Gasteiger partial charge in [0.2, 0.25) is 0 Å². The molecule has 2 unspecified atom stereocenters. The molecule has 22 heavy (non-hydrogen) atoms. The molecule has 0 saturated heterocycles. The van der Waals surface area contributed by atoms with Gasteiger partial charge in [-0.05, 0) is 48.2 Å². The van der Waals surface area contributed by atoms with Crippen molar-refractivity contribution in [3.05, 3.63) is 69.7 Å². The minimum Gasteiger partial charge on any atom is -0.0843 e. The van der Waals surface area contributed by atoms with E-state index >= 15 is 0 Å². The summed E-state index contributed by atoms with van der Waals surface area (Å²) in [5, 5.41) is 1.57. The Bertz CT molecular complexity index is 558. The zero-order valence-corrected chi connectivity index (χ0v) is 15.3. The highest BCUT2D eigenvalue weighted by molar-refractivity contribution is 6.30. The molecule has 0 aliphatic rings. The number of hydrogen-bond acceptors (Lipinski definition) is 0. The second-order valence-electron chi connectivity index (χ2n) is 6.39. The first kappa shape index (κ1) is 17.4. The summed E-state index contributed by atoms with van der Waals surface area (Å²) in [7, 11) is 0. The Labute approximate surface area is 144 Å². The van der Waals surface area contributed by atoms with Crippen LogP contribution in [-0.2, 0) is 10.8 Å². The van der Waals surface area contributed by atoms with Gasteiger partial charge in [-0.1, -0.05) is 75.2 Å². The standard InChI is InChI=1S/C20H24Cl2/c1-5-19(3,15-7-11-17(21)12-8-15)20(4,6-2)16-9-13-18(22)14-10-16/h7-14H,5-6H2,1-4H3. The van der Waals surface area contributed by atoms with Crippen LogP contribution in [0.1, 0.15) is 51.7 Å². The molecule has 0 heterocycles. The third-order valence-corrected chi connectivity index (χ3v) is 6.10. The monoisotopic (exact) mass is 334 g/mol. The largest absolute Gasteiger partial charge is 0.0843 e. The Morgan fingerprint density at radius 2 is 0.909 bits per heavy atom. The lowest BCUT2D eigenvalue weighted by atomic mass is 9.56. The van der Waals surface area contributed by atoms with Crippen LogP contribution in [0, 0.1) is 0 Å². The molecule has 0 radical (unpaired) electrons. The molecule has 0 nitrogen and oxygen atoms in total. The van der Waals surface area contributed by atoms with E-state index in [1.165, 1.54) is 11.1 Å². The van der Waals surface area contributed by atoms with Crippen LogP contribution in [-0.4, -0.2) is 0 Å². The van der Waals surface area contributed by atoms with E-state index in [1.807, 2.05) is 24.3 Å². The fourth-order valence-electron chi connectivity index (χ4n) is 3.46. The molecule has 0 spiro atoms. The van der Waals surface area contributed by atoms with Gasteiger partial charge in [-0.2, -0.15) is 0 Å². The van der Waals surface area contributed by atoms with Crippen LogP contribution in [0.3, 0.4) is 0 Å². The van der Waals surface area contributed by atoms with Crippen molar-refractivity contribution in [3.8, 4) is 0 Å². The average Bonchev–Trinajstić information content (AvgIpc) is 2.54. The highest BCUT2D eigenvalue weighted by atomic mass is 35.5. The maximum absolute atomic E-state index is 6.07. The molecule has 0 aliphatic carbocycles. The van der Waals surface area contributed by atoms with Gasteiger partial charge in [-0.15, -0.1) is 0 Å². The van der Waals surface area contributed by atoms with Gasteiger partial charge in [0.1, 0.15) is 0 Å². The lowest BCUT2D eigenvalue weighted by Crippen LogP contribution is -2.44. The molecule has 2 atom stereocenters. The highest BCUT2D eigenvalue weighted by Crippen LogP contribution is 2.48. The predicted molar refractivity (Wildman–Crippen MR) is 98.2 cm³/mol. The molecule has 0 fully saturated rings. The Morgan fingerprint density at radius 1 is 0.636 bits per heavy atom. The number of rotatable bonds is 5. The lowest BCUT2D eigenvalue weighted by Gasteiger charge is -2.47. The molecule has 2 aromatic carbocycles. The minimum atomic E-state index is 0.0279. The van der Waals surface area contributed by atoms with E-state index in [9.17, 15) is 0 Å². The van der Waals surface area contributed by atoms with Crippen LogP contribution in [0.25, 0.3) is 0 Å². The molecular formula is C20H24Cl2. The van der Waals surface area contributed by atoms with Crippen molar-refractivity contribution in [1.82, 2.24) is 0 Å². The maximum atomic E-state index is 6.07. The Kier molecular flexibility index (Phi) is 5.25. The van der Waals surface area contributed by atoms with E-state index in [0.717, 1.165) is 22.9 Å². The van der Waals surface area contributed by atoms with Gasteiger partial charge >= 0.3 is 0 Å². The Balaban J connectivity index is 2.57. The Morgan fingerprint density at radius 3 is 1.14 bits per heavy atom. The Hall–Kier alpha value is -0.980. The first-order valence-electron chi connectivity index (χ1n) is 7.89. The fourth-order valence-corrected chi connectivity index (χ4v) is 3.71. The van der Waals surface area contributed by atoms with Crippen LogP contribution < -0.4 is 0 Å². The van der Waals surface area contributed by atoms with Crippen molar-refractivity contribution < 1.29 is 0 Å². The number of halogens is 2. The van der Waals surface area contributed by atoms with Crippen molar-refractivity contribution in [2.45, 2.75) is 51.4 Å². The molecule has 118 valence electrons. The SMILES string of the molecule is CCC(C)(c1ccc(Cl)cc1)C(C)(CC)c1ccc(Cl)cc1. The first-order valence-corrected chi connectivity index (χ1v) is 8.65. The van der Waals surface area contributed by atoms with Crippen LogP contribution in [0.15, 0.2) is 48.5 Å². The lowest BCUT2D eigenvalue weighted by molar-refractivity contribution is 0.235. The van der Waals surface area contributed by atoms with Gasteiger partial charge < -0.3 is 0 Å². The molecule has 0 bridgehead atoms. The molecule has 2 aromatic rings. The number of hydrogen-bond donors (Lipinski definition) is 0. The quantitative estimate of drug-likeness (QED) is 0.550.